The average molecular weight is 256 g/mol. The van der Waals surface area contributed by atoms with Crippen LogP contribution in [-0.4, -0.2) is 31.2 Å². The lowest BCUT2D eigenvalue weighted by Crippen LogP contribution is -2.29. The van der Waals surface area contributed by atoms with Crippen LogP contribution in [0.2, 0.25) is 0 Å². The van der Waals surface area contributed by atoms with Gasteiger partial charge in [0.25, 0.3) is 0 Å². The van der Waals surface area contributed by atoms with Crippen LogP contribution in [0.4, 0.5) is 5.82 Å². The second kappa shape index (κ2) is 4.28. The molecule has 76 valence electrons. The Morgan fingerprint density at radius 2 is 2.43 bits per heavy atom. The van der Waals surface area contributed by atoms with Crippen LogP contribution in [0.15, 0.2) is 22.8 Å². The molecule has 0 spiro atoms. The molecule has 1 N–H and O–H groups in total. The Bertz CT molecular complexity index is 299. The van der Waals surface area contributed by atoms with Crippen LogP contribution in [0.5, 0.6) is 0 Å². The normalized spacial score (nSPS) is 21.6. The average Bonchev–Trinajstić information content (AvgIpc) is 2.67. The van der Waals surface area contributed by atoms with Crippen molar-refractivity contribution in [3.8, 4) is 0 Å². The molecule has 3 nitrogen and oxygen atoms in total. The van der Waals surface area contributed by atoms with Gasteiger partial charge in [-0.1, -0.05) is 0 Å². The van der Waals surface area contributed by atoms with E-state index in [-0.39, 0.29) is 0 Å². The molecular weight excluding hydrogens is 242 g/mol. The predicted molar refractivity (Wildman–Crippen MR) is 61.6 cm³/mol. The first kappa shape index (κ1) is 9.93. The van der Waals surface area contributed by atoms with Gasteiger partial charge in [-0.15, -0.1) is 0 Å². The van der Waals surface area contributed by atoms with E-state index in [1.807, 2.05) is 19.3 Å². The summed E-state index contributed by atoms with van der Waals surface area (Å²) in [6, 6.07) is 4.71. The lowest BCUT2D eigenvalue weighted by molar-refractivity contribution is 0.616. The number of likely N-dealkylation sites (N-methyl/N-ethyl adjacent to an activating group) is 1. The van der Waals surface area contributed by atoms with Gasteiger partial charge in [-0.3, -0.25) is 0 Å². The van der Waals surface area contributed by atoms with Crippen LogP contribution in [0.25, 0.3) is 0 Å². The van der Waals surface area contributed by atoms with Gasteiger partial charge in [0.1, 0.15) is 5.82 Å². The van der Waals surface area contributed by atoms with Crippen molar-refractivity contribution in [3.63, 3.8) is 0 Å². The van der Waals surface area contributed by atoms with Crippen LogP contribution in [0, 0.1) is 0 Å². The summed E-state index contributed by atoms with van der Waals surface area (Å²) >= 11 is 3.39. The van der Waals surface area contributed by atoms with Crippen molar-refractivity contribution in [2.45, 2.75) is 12.5 Å². The molecule has 1 aromatic rings. The summed E-state index contributed by atoms with van der Waals surface area (Å²) in [5.74, 6) is 1.07. The molecular formula is C10H14BrN3. The van der Waals surface area contributed by atoms with Crippen LogP contribution in [-0.2, 0) is 0 Å². The highest BCUT2D eigenvalue weighted by Crippen LogP contribution is 2.19. The molecule has 2 rings (SSSR count). The van der Waals surface area contributed by atoms with Crippen molar-refractivity contribution in [1.29, 1.82) is 0 Å². The van der Waals surface area contributed by atoms with Crippen LogP contribution in [0.1, 0.15) is 6.42 Å². The third-order valence-electron chi connectivity index (χ3n) is 2.63. The Hall–Kier alpha value is -0.610. The number of nitrogens with one attached hydrogen (secondary N) is 1. The van der Waals surface area contributed by atoms with Crippen molar-refractivity contribution < 1.29 is 0 Å². The van der Waals surface area contributed by atoms with Gasteiger partial charge in [0.2, 0.25) is 0 Å². The molecule has 1 aliphatic heterocycles. The molecule has 0 aromatic carbocycles. The van der Waals surface area contributed by atoms with Crippen LogP contribution < -0.4 is 10.2 Å². The van der Waals surface area contributed by atoms with E-state index in [0.717, 1.165) is 23.4 Å². The van der Waals surface area contributed by atoms with Gasteiger partial charge in [0, 0.05) is 29.8 Å². The highest BCUT2D eigenvalue weighted by molar-refractivity contribution is 9.10. The minimum absolute atomic E-state index is 0.612. The van der Waals surface area contributed by atoms with Crippen molar-refractivity contribution >= 4 is 21.7 Å². The number of hydrogen-bond acceptors (Lipinski definition) is 3. The maximum atomic E-state index is 4.38. The van der Waals surface area contributed by atoms with E-state index >= 15 is 0 Å². The summed E-state index contributed by atoms with van der Waals surface area (Å²) in [5, 5.41) is 3.30. The van der Waals surface area contributed by atoms with E-state index in [0.29, 0.717) is 6.04 Å². The number of nitrogens with zero attached hydrogens (tertiary/aromatic N) is 2. The summed E-state index contributed by atoms with van der Waals surface area (Å²) in [5.41, 5.74) is 0. The van der Waals surface area contributed by atoms with Crippen molar-refractivity contribution in [2.24, 2.45) is 0 Å². The maximum absolute atomic E-state index is 4.38. The number of hydrogen-bond donors (Lipinski definition) is 1. The zero-order valence-corrected chi connectivity index (χ0v) is 9.79. The number of anilines is 1. The molecule has 0 aliphatic carbocycles. The Labute approximate surface area is 92.6 Å². The molecule has 14 heavy (non-hydrogen) atoms. The Morgan fingerprint density at radius 1 is 1.57 bits per heavy atom. The number of pyridine rings is 1. The molecule has 4 heteroatoms. The fourth-order valence-corrected chi connectivity index (χ4v) is 1.99. The predicted octanol–water partition coefficient (Wildman–Crippen LogP) is 1.64. The van der Waals surface area contributed by atoms with Crippen LogP contribution in [0.3, 0.4) is 0 Å². The molecule has 1 aromatic heterocycles. The lowest BCUT2D eigenvalue weighted by Gasteiger charge is -2.17. The van der Waals surface area contributed by atoms with Gasteiger partial charge in [-0.2, -0.15) is 0 Å². The van der Waals surface area contributed by atoms with Crippen molar-refractivity contribution in [1.82, 2.24) is 10.3 Å². The largest absolute Gasteiger partial charge is 0.355 e. The van der Waals surface area contributed by atoms with Crippen molar-refractivity contribution in [2.75, 3.05) is 25.0 Å². The first-order valence-electron chi connectivity index (χ1n) is 4.83. The molecule has 0 radical (unpaired) electrons. The summed E-state index contributed by atoms with van der Waals surface area (Å²) in [4.78, 5) is 6.69. The highest BCUT2D eigenvalue weighted by Gasteiger charge is 2.21. The zero-order valence-electron chi connectivity index (χ0n) is 8.20. The molecule has 1 atom stereocenters. The van der Waals surface area contributed by atoms with Crippen LogP contribution >= 0.6 is 15.9 Å². The van der Waals surface area contributed by atoms with Gasteiger partial charge in [-0.25, -0.2) is 4.98 Å². The van der Waals surface area contributed by atoms with Gasteiger partial charge in [0.15, 0.2) is 0 Å². The Morgan fingerprint density at radius 3 is 3.00 bits per heavy atom. The second-order valence-corrected chi connectivity index (χ2v) is 4.47. The summed E-state index contributed by atoms with van der Waals surface area (Å²) < 4.78 is 1.03. The third kappa shape index (κ3) is 2.07. The van der Waals surface area contributed by atoms with E-state index in [2.05, 4.69) is 37.2 Å². The van der Waals surface area contributed by atoms with Gasteiger partial charge in [0.05, 0.1) is 0 Å². The fourth-order valence-electron chi connectivity index (χ4n) is 1.76. The van der Waals surface area contributed by atoms with Gasteiger partial charge < -0.3 is 10.2 Å². The second-order valence-electron chi connectivity index (χ2n) is 3.55. The van der Waals surface area contributed by atoms with E-state index in [4.69, 9.17) is 0 Å². The monoisotopic (exact) mass is 255 g/mol. The third-order valence-corrected chi connectivity index (χ3v) is 3.10. The first-order valence-corrected chi connectivity index (χ1v) is 5.62. The smallest absolute Gasteiger partial charge is 0.128 e. The molecule has 0 amide bonds. The summed E-state index contributed by atoms with van der Waals surface area (Å²) in [7, 11) is 2.02. The molecule has 1 fully saturated rings. The lowest BCUT2D eigenvalue weighted by atomic mass is 10.3. The summed E-state index contributed by atoms with van der Waals surface area (Å²) in [6.07, 6.45) is 3.05. The molecule has 1 unspecified atom stereocenters. The maximum Gasteiger partial charge on any atom is 0.128 e. The van der Waals surface area contributed by atoms with Gasteiger partial charge in [-0.05, 0) is 41.5 Å². The minimum atomic E-state index is 0.612. The van der Waals surface area contributed by atoms with Gasteiger partial charge >= 0.3 is 0 Å². The molecule has 0 saturated carbocycles. The molecule has 1 saturated heterocycles. The molecule has 1 aliphatic rings. The standard InChI is InChI=1S/C10H14BrN3/c1-12-9-4-5-14(7-9)10-3-2-8(11)6-13-10/h2-3,6,9,12H,4-5,7H2,1H3. The number of halogens is 1. The molecule has 2 heterocycles. The Kier molecular flexibility index (Phi) is 3.03. The molecule has 0 bridgehead atoms. The van der Waals surface area contributed by atoms with E-state index < -0.39 is 0 Å². The summed E-state index contributed by atoms with van der Waals surface area (Å²) in [6.45, 7) is 2.16. The zero-order chi connectivity index (χ0) is 9.97. The quantitative estimate of drug-likeness (QED) is 0.871. The van der Waals surface area contributed by atoms with E-state index in [1.54, 1.807) is 0 Å². The van der Waals surface area contributed by atoms with Crippen molar-refractivity contribution in [3.05, 3.63) is 22.8 Å². The fraction of sp³-hybridized carbons (Fsp3) is 0.500. The number of aromatic nitrogens is 1. The minimum Gasteiger partial charge on any atom is -0.355 e. The SMILES string of the molecule is CNC1CCN(c2ccc(Br)cn2)C1. The number of rotatable bonds is 2. The first-order chi connectivity index (χ1) is 6.79. The van der Waals surface area contributed by atoms with E-state index in [1.165, 1.54) is 6.42 Å². The highest BCUT2D eigenvalue weighted by atomic mass is 79.9. The van der Waals surface area contributed by atoms with E-state index in [9.17, 15) is 0 Å². The topological polar surface area (TPSA) is 28.2 Å². The Balaban J connectivity index is 2.06.